The summed E-state index contributed by atoms with van der Waals surface area (Å²) in [4.78, 5) is 4.12. The Bertz CT molecular complexity index is 341. The molecule has 1 aromatic rings. The van der Waals surface area contributed by atoms with Crippen molar-refractivity contribution in [2.75, 3.05) is 5.43 Å². The SMILES string of the molecule is Cc1cnccc1NN1C(C)CCCC1C. The van der Waals surface area contributed by atoms with Crippen LogP contribution in [0.2, 0.25) is 0 Å². The van der Waals surface area contributed by atoms with Gasteiger partial charge in [-0.05, 0) is 45.2 Å². The number of pyridine rings is 1. The zero-order chi connectivity index (χ0) is 11.5. The van der Waals surface area contributed by atoms with Crippen LogP contribution >= 0.6 is 0 Å². The third-order valence-corrected chi connectivity index (χ3v) is 3.46. The molecule has 1 fully saturated rings. The van der Waals surface area contributed by atoms with Gasteiger partial charge in [0.05, 0.1) is 5.69 Å². The van der Waals surface area contributed by atoms with Crippen molar-refractivity contribution in [2.45, 2.75) is 52.1 Å². The topological polar surface area (TPSA) is 28.2 Å². The standard InChI is InChI=1S/C13H21N3/c1-10-9-14-8-7-13(10)15-16-11(2)5-4-6-12(16)3/h7-9,11-12H,4-6H2,1-3H3,(H,14,15). The molecule has 0 radical (unpaired) electrons. The quantitative estimate of drug-likeness (QED) is 0.829. The van der Waals surface area contributed by atoms with Gasteiger partial charge in [-0.3, -0.25) is 4.98 Å². The molecule has 3 heteroatoms. The van der Waals surface area contributed by atoms with Gasteiger partial charge >= 0.3 is 0 Å². The largest absolute Gasteiger partial charge is 0.318 e. The van der Waals surface area contributed by atoms with Crippen LogP contribution < -0.4 is 5.43 Å². The maximum Gasteiger partial charge on any atom is 0.0550 e. The van der Waals surface area contributed by atoms with Crippen LogP contribution in [0.1, 0.15) is 38.7 Å². The average molecular weight is 219 g/mol. The molecule has 1 aliphatic heterocycles. The highest BCUT2D eigenvalue weighted by Gasteiger charge is 2.24. The molecule has 1 N–H and O–H groups in total. The van der Waals surface area contributed by atoms with Crippen molar-refractivity contribution in [1.82, 2.24) is 9.99 Å². The second-order valence-corrected chi connectivity index (χ2v) is 4.84. The van der Waals surface area contributed by atoms with E-state index >= 15 is 0 Å². The van der Waals surface area contributed by atoms with Gasteiger partial charge < -0.3 is 5.43 Å². The lowest BCUT2D eigenvalue weighted by Crippen LogP contribution is -2.47. The molecule has 3 nitrogen and oxygen atoms in total. The van der Waals surface area contributed by atoms with E-state index in [9.17, 15) is 0 Å². The molecule has 2 rings (SSSR count). The van der Waals surface area contributed by atoms with Gasteiger partial charge in [-0.25, -0.2) is 5.01 Å². The normalized spacial score (nSPS) is 26.7. The van der Waals surface area contributed by atoms with Crippen LogP contribution in [-0.2, 0) is 0 Å². The predicted octanol–water partition coefficient (Wildman–Crippen LogP) is 2.98. The van der Waals surface area contributed by atoms with Crippen LogP contribution in [0.15, 0.2) is 18.5 Å². The number of piperidine rings is 1. The highest BCUT2D eigenvalue weighted by Crippen LogP contribution is 2.24. The number of nitrogens with one attached hydrogen (secondary N) is 1. The van der Waals surface area contributed by atoms with Gasteiger partial charge in [-0.2, -0.15) is 0 Å². The van der Waals surface area contributed by atoms with Crippen molar-refractivity contribution in [3.05, 3.63) is 24.0 Å². The van der Waals surface area contributed by atoms with Gasteiger partial charge in [0, 0.05) is 24.5 Å². The van der Waals surface area contributed by atoms with Crippen molar-refractivity contribution in [1.29, 1.82) is 0 Å². The van der Waals surface area contributed by atoms with Crippen LogP contribution in [0.25, 0.3) is 0 Å². The van der Waals surface area contributed by atoms with E-state index in [1.807, 2.05) is 18.5 Å². The highest BCUT2D eigenvalue weighted by molar-refractivity contribution is 5.47. The summed E-state index contributed by atoms with van der Waals surface area (Å²) in [7, 11) is 0. The number of hydrogen-bond donors (Lipinski definition) is 1. The molecule has 0 aromatic carbocycles. The first-order chi connectivity index (χ1) is 7.68. The predicted molar refractivity (Wildman–Crippen MR) is 67.2 cm³/mol. The first-order valence-electron chi connectivity index (χ1n) is 6.14. The number of nitrogens with zero attached hydrogens (tertiary/aromatic N) is 2. The highest BCUT2D eigenvalue weighted by atomic mass is 15.5. The Morgan fingerprint density at radius 1 is 1.31 bits per heavy atom. The Morgan fingerprint density at radius 3 is 2.62 bits per heavy atom. The molecule has 1 aromatic heterocycles. The minimum Gasteiger partial charge on any atom is -0.318 e. The molecule has 88 valence electrons. The minimum atomic E-state index is 0.608. The summed E-state index contributed by atoms with van der Waals surface area (Å²) in [5.41, 5.74) is 5.92. The summed E-state index contributed by atoms with van der Waals surface area (Å²) in [6, 6.07) is 3.26. The number of anilines is 1. The lowest BCUT2D eigenvalue weighted by molar-refractivity contribution is 0.135. The molecule has 0 saturated carbocycles. The van der Waals surface area contributed by atoms with E-state index in [0.717, 1.165) is 0 Å². The van der Waals surface area contributed by atoms with E-state index in [1.54, 1.807) is 0 Å². The van der Waals surface area contributed by atoms with Crippen LogP contribution in [-0.4, -0.2) is 22.1 Å². The van der Waals surface area contributed by atoms with E-state index in [0.29, 0.717) is 12.1 Å². The summed E-state index contributed by atoms with van der Waals surface area (Å²) in [6.45, 7) is 6.67. The van der Waals surface area contributed by atoms with Crippen molar-refractivity contribution >= 4 is 5.69 Å². The number of aryl methyl sites for hydroxylation is 1. The maximum absolute atomic E-state index is 4.12. The molecule has 0 spiro atoms. The smallest absolute Gasteiger partial charge is 0.0550 e. The zero-order valence-electron chi connectivity index (χ0n) is 10.4. The van der Waals surface area contributed by atoms with Gasteiger partial charge in [0.15, 0.2) is 0 Å². The van der Waals surface area contributed by atoms with Crippen molar-refractivity contribution in [2.24, 2.45) is 0 Å². The Hall–Kier alpha value is -1.09. The first-order valence-corrected chi connectivity index (χ1v) is 6.14. The summed E-state index contributed by atoms with van der Waals surface area (Å²) < 4.78 is 0. The zero-order valence-corrected chi connectivity index (χ0v) is 10.4. The third-order valence-electron chi connectivity index (χ3n) is 3.46. The molecule has 0 aliphatic carbocycles. The summed E-state index contributed by atoms with van der Waals surface area (Å²) in [5.74, 6) is 0. The van der Waals surface area contributed by atoms with Crippen LogP contribution in [0.5, 0.6) is 0 Å². The molecule has 0 bridgehead atoms. The lowest BCUT2D eigenvalue weighted by Gasteiger charge is -2.39. The monoisotopic (exact) mass is 219 g/mol. The summed E-state index contributed by atoms with van der Waals surface area (Å²) in [6.07, 6.45) is 7.65. The molecule has 16 heavy (non-hydrogen) atoms. The van der Waals surface area contributed by atoms with E-state index in [2.05, 4.69) is 36.2 Å². The first kappa shape index (κ1) is 11.4. The van der Waals surface area contributed by atoms with E-state index in [-0.39, 0.29) is 0 Å². The van der Waals surface area contributed by atoms with Gasteiger partial charge in [-0.15, -0.1) is 0 Å². The molecule has 2 heterocycles. The van der Waals surface area contributed by atoms with Crippen molar-refractivity contribution in [3.8, 4) is 0 Å². The van der Waals surface area contributed by atoms with Crippen molar-refractivity contribution < 1.29 is 0 Å². The van der Waals surface area contributed by atoms with Gasteiger partial charge in [0.1, 0.15) is 0 Å². The fourth-order valence-electron chi connectivity index (χ4n) is 2.38. The third kappa shape index (κ3) is 2.35. The fourth-order valence-corrected chi connectivity index (χ4v) is 2.38. The van der Waals surface area contributed by atoms with Crippen LogP contribution in [0, 0.1) is 6.92 Å². The second kappa shape index (κ2) is 4.83. The van der Waals surface area contributed by atoms with Gasteiger partial charge in [0.25, 0.3) is 0 Å². The Balaban J connectivity index is 2.11. The van der Waals surface area contributed by atoms with Crippen molar-refractivity contribution in [3.63, 3.8) is 0 Å². The Morgan fingerprint density at radius 2 is 2.00 bits per heavy atom. The second-order valence-electron chi connectivity index (χ2n) is 4.84. The van der Waals surface area contributed by atoms with E-state index in [1.165, 1.54) is 30.5 Å². The van der Waals surface area contributed by atoms with Crippen LogP contribution in [0.4, 0.5) is 5.69 Å². The minimum absolute atomic E-state index is 0.608. The average Bonchev–Trinajstić information content (AvgIpc) is 2.26. The molecule has 2 unspecified atom stereocenters. The fraction of sp³-hybridized carbons (Fsp3) is 0.615. The molecule has 2 atom stereocenters. The maximum atomic E-state index is 4.12. The lowest BCUT2D eigenvalue weighted by atomic mass is 10.00. The Kier molecular flexibility index (Phi) is 3.44. The molecular weight excluding hydrogens is 198 g/mol. The Labute approximate surface area is 97.8 Å². The summed E-state index contributed by atoms with van der Waals surface area (Å²) >= 11 is 0. The molecule has 0 amide bonds. The summed E-state index contributed by atoms with van der Waals surface area (Å²) in [5, 5.41) is 2.38. The van der Waals surface area contributed by atoms with E-state index in [4.69, 9.17) is 0 Å². The van der Waals surface area contributed by atoms with Gasteiger partial charge in [0.2, 0.25) is 0 Å². The number of hydrazine groups is 1. The number of rotatable bonds is 2. The molecular formula is C13H21N3. The van der Waals surface area contributed by atoms with Gasteiger partial charge in [-0.1, -0.05) is 6.42 Å². The van der Waals surface area contributed by atoms with Crippen LogP contribution in [0.3, 0.4) is 0 Å². The van der Waals surface area contributed by atoms with E-state index < -0.39 is 0 Å². The molecule has 1 saturated heterocycles. The molecule has 1 aliphatic rings. The number of hydrogen-bond acceptors (Lipinski definition) is 3. The number of aromatic nitrogens is 1.